The summed E-state index contributed by atoms with van der Waals surface area (Å²) in [5, 5.41) is 19.4. The van der Waals surface area contributed by atoms with Gasteiger partial charge in [0, 0.05) is 11.4 Å². The molecule has 2 aromatic rings. The second-order valence-electron chi connectivity index (χ2n) is 5.55. The molecule has 0 fully saturated rings. The molecule has 0 saturated heterocycles. The second-order valence-corrected chi connectivity index (χ2v) is 5.55. The van der Waals surface area contributed by atoms with Crippen molar-refractivity contribution in [3.05, 3.63) is 59.7 Å². The molecule has 28 heavy (non-hydrogen) atoms. The molecule has 0 radical (unpaired) electrons. The number of carbonyl (C=O) groups is 4. The van der Waals surface area contributed by atoms with Gasteiger partial charge in [0.2, 0.25) is 0 Å². The fraction of sp³-hybridized carbons (Fsp3) is 0.111. The van der Waals surface area contributed by atoms with Crippen molar-refractivity contribution in [2.24, 2.45) is 0 Å². The summed E-state index contributed by atoms with van der Waals surface area (Å²) in [6, 6.07) is 10.6. The first kappa shape index (κ1) is 20.6. The number of esters is 4. The molecule has 146 valence electrons. The van der Waals surface area contributed by atoms with E-state index in [9.17, 15) is 29.4 Å². The molecule has 10 nitrogen and oxygen atoms in total. The molecule has 0 aliphatic rings. The minimum absolute atomic E-state index is 0.0506. The Bertz CT molecular complexity index is 817. The Kier molecular flexibility index (Phi) is 6.42. The molecule has 0 saturated carbocycles. The molecule has 0 bridgehead atoms. The van der Waals surface area contributed by atoms with Crippen molar-refractivity contribution in [2.45, 2.75) is 12.2 Å². The smallest absolute Gasteiger partial charge is 0.346 e. The van der Waals surface area contributed by atoms with Gasteiger partial charge in [0.15, 0.2) is 12.2 Å². The predicted molar refractivity (Wildman–Crippen MR) is 94.6 cm³/mol. The SMILES string of the molecule is Nc1ccc(C(=O)OC(=O)C(O)C(O)C(=O)OC(=O)c2ccc(N)cc2)cc1. The van der Waals surface area contributed by atoms with E-state index in [1.54, 1.807) is 0 Å². The molecule has 2 atom stereocenters. The van der Waals surface area contributed by atoms with Crippen LogP contribution in [0.5, 0.6) is 0 Å². The number of benzene rings is 2. The van der Waals surface area contributed by atoms with Gasteiger partial charge in [0.1, 0.15) is 0 Å². The number of nitrogens with two attached hydrogens (primary N) is 2. The molecule has 0 amide bonds. The summed E-state index contributed by atoms with van der Waals surface area (Å²) < 4.78 is 8.75. The van der Waals surface area contributed by atoms with Crippen molar-refractivity contribution in [1.29, 1.82) is 0 Å². The fourth-order valence-electron chi connectivity index (χ4n) is 1.92. The first-order valence-corrected chi connectivity index (χ1v) is 7.78. The van der Waals surface area contributed by atoms with Crippen LogP contribution >= 0.6 is 0 Å². The number of hydrogen-bond acceptors (Lipinski definition) is 10. The van der Waals surface area contributed by atoms with Crippen molar-refractivity contribution in [1.82, 2.24) is 0 Å². The molecule has 0 spiro atoms. The summed E-state index contributed by atoms with van der Waals surface area (Å²) in [4.78, 5) is 47.1. The Morgan fingerprint density at radius 1 is 0.643 bits per heavy atom. The molecule has 0 aromatic heterocycles. The van der Waals surface area contributed by atoms with Crippen LogP contribution in [0.1, 0.15) is 20.7 Å². The van der Waals surface area contributed by atoms with Crippen molar-refractivity contribution >= 4 is 35.3 Å². The van der Waals surface area contributed by atoms with Gasteiger partial charge in [-0.2, -0.15) is 0 Å². The van der Waals surface area contributed by atoms with E-state index in [0.717, 1.165) is 0 Å². The van der Waals surface area contributed by atoms with Gasteiger partial charge in [0.25, 0.3) is 0 Å². The van der Waals surface area contributed by atoms with Crippen molar-refractivity contribution in [3.63, 3.8) is 0 Å². The average Bonchev–Trinajstić information content (AvgIpc) is 2.67. The maximum absolute atomic E-state index is 11.8. The Morgan fingerprint density at radius 3 is 1.21 bits per heavy atom. The van der Waals surface area contributed by atoms with Crippen LogP contribution < -0.4 is 11.5 Å². The van der Waals surface area contributed by atoms with Gasteiger partial charge >= 0.3 is 23.9 Å². The number of ether oxygens (including phenoxy) is 2. The zero-order chi connectivity index (χ0) is 20.8. The first-order chi connectivity index (χ1) is 13.2. The Hall–Kier alpha value is -3.76. The third kappa shape index (κ3) is 5.13. The zero-order valence-electron chi connectivity index (χ0n) is 14.3. The highest BCUT2D eigenvalue weighted by atomic mass is 16.6. The third-order valence-electron chi connectivity index (χ3n) is 3.46. The highest BCUT2D eigenvalue weighted by Gasteiger charge is 2.35. The van der Waals surface area contributed by atoms with Crippen LogP contribution in [0, 0.1) is 0 Å². The first-order valence-electron chi connectivity index (χ1n) is 7.78. The molecule has 2 aromatic carbocycles. The molecule has 0 heterocycles. The van der Waals surface area contributed by atoms with Gasteiger partial charge in [-0.05, 0) is 48.5 Å². The number of aliphatic hydroxyl groups is 2. The van der Waals surface area contributed by atoms with Crippen LogP contribution in [0.4, 0.5) is 11.4 Å². The van der Waals surface area contributed by atoms with E-state index in [0.29, 0.717) is 11.4 Å². The zero-order valence-corrected chi connectivity index (χ0v) is 14.3. The summed E-state index contributed by atoms with van der Waals surface area (Å²) in [6.45, 7) is 0. The number of anilines is 2. The van der Waals surface area contributed by atoms with Crippen LogP contribution in [-0.4, -0.2) is 46.3 Å². The normalized spacial score (nSPS) is 12.5. The summed E-state index contributed by atoms with van der Waals surface area (Å²) in [6.07, 6.45) is -4.91. The number of carbonyl (C=O) groups excluding carboxylic acids is 4. The largest absolute Gasteiger partial charge is 0.399 e. The molecule has 0 aliphatic heterocycles. The van der Waals surface area contributed by atoms with Crippen LogP contribution in [0.15, 0.2) is 48.5 Å². The van der Waals surface area contributed by atoms with E-state index >= 15 is 0 Å². The summed E-state index contributed by atoms with van der Waals surface area (Å²) in [5.74, 6) is -5.48. The highest BCUT2D eigenvalue weighted by Crippen LogP contribution is 2.10. The van der Waals surface area contributed by atoms with Gasteiger partial charge in [-0.3, -0.25) is 0 Å². The molecule has 2 rings (SSSR count). The Labute approximate surface area is 158 Å². The molecule has 0 aliphatic carbocycles. The Balaban J connectivity index is 1.95. The third-order valence-corrected chi connectivity index (χ3v) is 3.46. The quantitative estimate of drug-likeness (QED) is 0.300. The summed E-state index contributed by atoms with van der Waals surface area (Å²) >= 11 is 0. The van der Waals surface area contributed by atoms with E-state index in [4.69, 9.17) is 11.5 Å². The molecule has 2 unspecified atom stereocenters. The van der Waals surface area contributed by atoms with Gasteiger partial charge < -0.3 is 31.2 Å². The van der Waals surface area contributed by atoms with Crippen LogP contribution in [-0.2, 0) is 19.1 Å². The van der Waals surface area contributed by atoms with E-state index in [1.165, 1.54) is 48.5 Å². The van der Waals surface area contributed by atoms with Gasteiger partial charge in [-0.1, -0.05) is 0 Å². The van der Waals surface area contributed by atoms with Gasteiger partial charge in [-0.25, -0.2) is 19.2 Å². The van der Waals surface area contributed by atoms with E-state index in [2.05, 4.69) is 9.47 Å². The van der Waals surface area contributed by atoms with Crippen LogP contribution in [0.2, 0.25) is 0 Å². The van der Waals surface area contributed by atoms with Crippen LogP contribution in [0.3, 0.4) is 0 Å². The van der Waals surface area contributed by atoms with Crippen molar-refractivity contribution < 1.29 is 38.9 Å². The molecule has 6 N–H and O–H groups in total. The minimum atomic E-state index is -2.45. The van der Waals surface area contributed by atoms with Gasteiger partial charge in [-0.15, -0.1) is 0 Å². The summed E-state index contributed by atoms with van der Waals surface area (Å²) in [7, 11) is 0. The van der Waals surface area contributed by atoms with Gasteiger partial charge in [0.05, 0.1) is 11.1 Å². The minimum Gasteiger partial charge on any atom is -0.399 e. The molecule has 10 heteroatoms. The number of aliphatic hydroxyl groups excluding tert-OH is 2. The van der Waals surface area contributed by atoms with Crippen LogP contribution in [0.25, 0.3) is 0 Å². The summed E-state index contributed by atoms with van der Waals surface area (Å²) in [5.41, 5.74) is 11.6. The lowest BCUT2D eigenvalue weighted by Gasteiger charge is -2.14. The Morgan fingerprint density at radius 2 is 0.929 bits per heavy atom. The maximum atomic E-state index is 11.8. The molecular formula is C18H16N2O8. The van der Waals surface area contributed by atoms with E-state index < -0.39 is 36.1 Å². The predicted octanol–water partition coefficient (Wildman–Crippen LogP) is -0.360. The van der Waals surface area contributed by atoms with E-state index in [-0.39, 0.29) is 11.1 Å². The van der Waals surface area contributed by atoms with Crippen molar-refractivity contribution in [3.8, 4) is 0 Å². The van der Waals surface area contributed by atoms with E-state index in [1.807, 2.05) is 0 Å². The monoisotopic (exact) mass is 388 g/mol. The lowest BCUT2D eigenvalue weighted by molar-refractivity contribution is -0.166. The lowest BCUT2D eigenvalue weighted by Crippen LogP contribution is -2.43. The average molecular weight is 388 g/mol. The van der Waals surface area contributed by atoms with Crippen molar-refractivity contribution in [2.75, 3.05) is 11.5 Å². The topological polar surface area (TPSA) is 179 Å². The second kappa shape index (κ2) is 8.75. The molecular weight excluding hydrogens is 372 g/mol. The number of rotatable bonds is 5. The standard InChI is InChI=1S/C18H16N2O8/c19-11-5-1-9(2-6-11)15(23)27-17(25)13(21)14(22)18(26)28-16(24)10-3-7-12(20)8-4-10/h1-8,13-14,21-22H,19-20H2. The highest BCUT2D eigenvalue weighted by molar-refractivity contribution is 6.01. The number of nitrogen functional groups attached to an aromatic ring is 2. The lowest BCUT2D eigenvalue weighted by atomic mass is 10.2. The number of hydrogen-bond donors (Lipinski definition) is 4. The fourth-order valence-corrected chi connectivity index (χ4v) is 1.92. The maximum Gasteiger partial charge on any atom is 0.346 e.